The molecule has 0 aliphatic heterocycles. The van der Waals surface area contributed by atoms with Crippen molar-refractivity contribution in [3.05, 3.63) is 60.4 Å². The van der Waals surface area contributed by atoms with Crippen LogP contribution in [0, 0.1) is 28.6 Å². The molecular weight excluding hydrogens is 432 g/mol. The third-order valence-corrected chi connectivity index (χ3v) is 9.67. The first kappa shape index (κ1) is 22.4. The maximum atomic E-state index is 4.91. The van der Waals surface area contributed by atoms with E-state index in [4.69, 9.17) is 10.2 Å². The second kappa shape index (κ2) is 8.89. The Bertz CT molecular complexity index is 1160. The van der Waals surface area contributed by atoms with Gasteiger partial charge < -0.3 is 0 Å². The van der Waals surface area contributed by atoms with Crippen molar-refractivity contribution in [3.8, 4) is 0 Å². The highest BCUT2D eigenvalue weighted by atomic mass is 15.3. The fourth-order valence-electron chi connectivity index (χ4n) is 7.74. The quantitative estimate of drug-likeness (QED) is 0.491. The molecule has 2 N–H and O–H groups in total. The maximum absolute atomic E-state index is 4.91. The van der Waals surface area contributed by atoms with Gasteiger partial charge in [-0.05, 0) is 105 Å². The lowest BCUT2D eigenvalue weighted by Crippen LogP contribution is -2.50. The predicted octanol–water partition coefficient (Wildman–Crippen LogP) is 6.68. The number of nitrogens with one attached hydrogen (secondary N) is 2. The number of hydrogen-bond acceptors (Lipinski definition) is 6. The highest BCUT2D eigenvalue weighted by Crippen LogP contribution is 2.64. The number of aromatic nitrogens is 2. The second-order valence-electron chi connectivity index (χ2n) is 11.3. The van der Waals surface area contributed by atoms with Crippen molar-refractivity contribution in [2.45, 2.75) is 65.2 Å². The van der Waals surface area contributed by atoms with E-state index in [-0.39, 0.29) is 5.41 Å². The van der Waals surface area contributed by atoms with Gasteiger partial charge in [-0.2, -0.15) is 10.2 Å². The van der Waals surface area contributed by atoms with Gasteiger partial charge in [-0.1, -0.05) is 31.6 Å². The summed E-state index contributed by atoms with van der Waals surface area (Å²) in [5.74, 6) is 3.94. The Hall–Kier alpha value is -3.02. The zero-order valence-corrected chi connectivity index (χ0v) is 20.9. The smallest absolute Gasteiger partial charge is 0.146 e. The number of fused-ring (bicyclic) bond motifs is 5. The molecule has 3 saturated carbocycles. The van der Waals surface area contributed by atoms with Crippen molar-refractivity contribution in [1.29, 1.82) is 0 Å². The summed E-state index contributed by atoms with van der Waals surface area (Å²) < 4.78 is 0. The van der Waals surface area contributed by atoms with E-state index >= 15 is 0 Å². The van der Waals surface area contributed by atoms with E-state index in [1.165, 1.54) is 44.2 Å². The maximum Gasteiger partial charge on any atom is 0.146 e. The van der Waals surface area contributed by atoms with Gasteiger partial charge in [-0.15, -0.1) is 0 Å². The predicted molar refractivity (Wildman–Crippen MR) is 142 cm³/mol. The molecular formula is C29H36N6. The molecule has 35 heavy (non-hydrogen) atoms. The van der Waals surface area contributed by atoms with Gasteiger partial charge in [-0.3, -0.25) is 10.9 Å². The van der Waals surface area contributed by atoms with Crippen LogP contribution >= 0.6 is 0 Å². The topological polar surface area (TPSA) is 74.6 Å². The molecule has 0 unspecified atom stereocenters. The van der Waals surface area contributed by atoms with Crippen LogP contribution in [0.4, 0.5) is 11.6 Å². The minimum atomic E-state index is 0.217. The molecule has 6 nitrogen and oxygen atoms in total. The van der Waals surface area contributed by atoms with E-state index in [9.17, 15) is 0 Å². The minimum absolute atomic E-state index is 0.217. The van der Waals surface area contributed by atoms with Gasteiger partial charge in [0.1, 0.15) is 11.6 Å². The lowest BCUT2D eigenvalue weighted by atomic mass is 9.47. The average molecular weight is 469 g/mol. The van der Waals surface area contributed by atoms with Gasteiger partial charge in [0, 0.05) is 23.5 Å². The van der Waals surface area contributed by atoms with Crippen LogP contribution in [0.2, 0.25) is 0 Å². The summed E-state index contributed by atoms with van der Waals surface area (Å²) in [5, 5.41) is 9.61. The number of anilines is 2. The van der Waals surface area contributed by atoms with Crippen molar-refractivity contribution < 1.29 is 0 Å². The Morgan fingerprint density at radius 1 is 0.771 bits per heavy atom. The second-order valence-corrected chi connectivity index (χ2v) is 11.3. The van der Waals surface area contributed by atoms with Gasteiger partial charge in [0.15, 0.2) is 0 Å². The van der Waals surface area contributed by atoms with Crippen LogP contribution in [0.15, 0.2) is 70.6 Å². The average Bonchev–Trinajstić information content (AvgIpc) is 3.23. The fraction of sp³-hybridized carbons (Fsp3) is 0.517. The fourth-order valence-corrected chi connectivity index (χ4v) is 7.74. The van der Waals surface area contributed by atoms with Crippen LogP contribution < -0.4 is 10.9 Å². The molecule has 0 amide bonds. The molecule has 4 aliphatic rings. The van der Waals surface area contributed by atoms with Gasteiger partial charge >= 0.3 is 0 Å². The third kappa shape index (κ3) is 3.97. The number of nitrogens with zero attached hydrogens (tertiary/aromatic N) is 4. The monoisotopic (exact) mass is 468 g/mol. The number of hydrazone groups is 2. The Morgan fingerprint density at radius 2 is 1.49 bits per heavy atom. The van der Waals surface area contributed by atoms with Crippen LogP contribution in [0.3, 0.4) is 0 Å². The first-order valence-electron chi connectivity index (χ1n) is 13.2. The van der Waals surface area contributed by atoms with E-state index in [2.05, 4.69) is 40.7 Å². The number of allylic oxidation sites excluding steroid dienone is 2. The van der Waals surface area contributed by atoms with Crippen LogP contribution in [0.25, 0.3) is 0 Å². The normalized spacial score (nSPS) is 36.2. The summed E-state index contributed by atoms with van der Waals surface area (Å²) in [5.41, 5.74) is 11.1. The molecule has 2 aromatic heterocycles. The molecule has 0 bridgehead atoms. The number of pyridine rings is 2. The molecule has 4 aliphatic carbocycles. The van der Waals surface area contributed by atoms with E-state index in [1.807, 2.05) is 42.6 Å². The van der Waals surface area contributed by atoms with Crippen LogP contribution in [-0.4, -0.2) is 21.4 Å². The lowest BCUT2D eigenvalue weighted by Gasteiger charge is -2.57. The first-order chi connectivity index (χ1) is 17.1. The molecule has 0 saturated heterocycles. The highest BCUT2D eigenvalue weighted by Gasteiger charge is 2.58. The molecule has 0 aromatic carbocycles. The van der Waals surface area contributed by atoms with Crippen molar-refractivity contribution >= 4 is 23.1 Å². The van der Waals surface area contributed by atoms with Gasteiger partial charge in [0.2, 0.25) is 0 Å². The van der Waals surface area contributed by atoms with Crippen molar-refractivity contribution in [1.82, 2.24) is 9.97 Å². The zero-order valence-electron chi connectivity index (χ0n) is 20.9. The minimum Gasteiger partial charge on any atom is -0.261 e. The van der Waals surface area contributed by atoms with Gasteiger partial charge in [0.05, 0.1) is 5.71 Å². The Balaban J connectivity index is 1.19. The Labute approximate surface area is 208 Å². The zero-order chi connectivity index (χ0) is 23.9. The summed E-state index contributed by atoms with van der Waals surface area (Å²) in [6.45, 7) is 5.04. The first-order valence-corrected chi connectivity index (χ1v) is 13.2. The largest absolute Gasteiger partial charge is 0.261 e. The molecule has 6 heteroatoms. The molecule has 2 aromatic rings. The van der Waals surface area contributed by atoms with E-state index in [1.54, 1.807) is 11.8 Å². The van der Waals surface area contributed by atoms with E-state index in [0.717, 1.165) is 47.9 Å². The van der Waals surface area contributed by atoms with Crippen molar-refractivity contribution in [3.63, 3.8) is 0 Å². The van der Waals surface area contributed by atoms with Crippen LogP contribution in [-0.2, 0) is 0 Å². The number of hydrogen-bond donors (Lipinski definition) is 2. The molecule has 0 radical (unpaired) electrons. The SMILES string of the molecule is C[C@]12CC/C(=N/Nc3ccccn3)C=C1CC[C@@H]1[C@@H]2CC[C@]2(C)/C(=N\Nc3ccccn3)CC[C@@H]12. The summed E-state index contributed by atoms with van der Waals surface area (Å²) in [6.07, 6.45) is 15.7. The van der Waals surface area contributed by atoms with Crippen molar-refractivity contribution in [2.24, 2.45) is 38.8 Å². The summed E-state index contributed by atoms with van der Waals surface area (Å²) in [7, 11) is 0. The van der Waals surface area contributed by atoms with Gasteiger partial charge in [0.25, 0.3) is 0 Å². The molecule has 6 rings (SSSR count). The Kier molecular flexibility index (Phi) is 5.70. The van der Waals surface area contributed by atoms with E-state index in [0.29, 0.717) is 5.41 Å². The number of rotatable bonds is 4. The highest BCUT2D eigenvalue weighted by molar-refractivity contribution is 5.97. The van der Waals surface area contributed by atoms with Gasteiger partial charge in [-0.25, -0.2) is 9.97 Å². The Morgan fingerprint density at radius 3 is 2.20 bits per heavy atom. The molecule has 182 valence electrons. The molecule has 5 atom stereocenters. The summed E-state index contributed by atoms with van der Waals surface area (Å²) in [4.78, 5) is 8.71. The van der Waals surface area contributed by atoms with E-state index < -0.39 is 0 Å². The van der Waals surface area contributed by atoms with Crippen molar-refractivity contribution in [2.75, 3.05) is 10.9 Å². The molecule has 3 fully saturated rings. The standard InChI is InChI=1S/C29H36N6/c1-28-15-13-21(32-34-26-7-3-5-17-30-26)19-20(28)9-10-22-23-11-12-25(29(23,2)16-14-24(22)28)33-35-27-8-4-6-18-31-27/h3-8,17-19,22-24H,9-16H2,1-2H3,(H,30,34)(H,31,35)/b32-21-,33-25-/t22-,23-,24-,28-,29-/m0/s1. The molecule has 0 spiro atoms. The lowest BCUT2D eigenvalue weighted by molar-refractivity contribution is -0.0154. The van der Waals surface area contributed by atoms with Crippen LogP contribution in [0.1, 0.15) is 65.2 Å². The summed E-state index contributed by atoms with van der Waals surface area (Å²) >= 11 is 0. The van der Waals surface area contributed by atoms with Crippen LogP contribution in [0.5, 0.6) is 0 Å². The summed E-state index contributed by atoms with van der Waals surface area (Å²) in [6, 6.07) is 11.8. The third-order valence-electron chi connectivity index (χ3n) is 9.67. The molecule has 2 heterocycles.